The van der Waals surface area contributed by atoms with Gasteiger partial charge in [-0.25, -0.2) is 0 Å². The van der Waals surface area contributed by atoms with E-state index in [1.165, 1.54) is 6.92 Å². The summed E-state index contributed by atoms with van der Waals surface area (Å²) < 4.78 is 5.34. The summed E-state index contributed by atoms with van der Waals surface area (Å²) in [7, 11) is 0. The summed E-state index contributed by atoms with van der Waals surface area (Å²) in [6.07, 6.45) is 12.0. The first-order valence-electron chi connectivity index (χ1n) is 5.26. The quantitative estimate of drug-likeness (QED) is 0.471. The minimum Gasteiger partial charge on any atom is -0.462 e. The van der Waals surface area contributed by atoms with Crippen molar-refractivity contribution >= 4 is 5.97 Å². The zero-order chi connectivity index (χ0) is 9.97. The third-order valence-electron chi connectivity index (χ3n) is 3.08. The zero-order valence-electron chi connectivity index (χ0n) is 8.48. The predicted molar refractivity (Wildman–Crippen MR) is 54.7 cm³/mol. The maximum Gasteiger partial charge on any atom is 0.302 e. The van der Waals surface area contributed by atoms with Crippen molar-refractivity contribution in [3.63, 3.8) is 0 Å². The highest BCUT2D eigenvalue weighted by atomic mass is 16.5. The molecule has 2 aliphatic carbocycles. The fourth-order valence-corrected chi connectivity index (χ4v) is 2.42. The molecule has 0 radical (unpaired) electrons. The molecule has 76 valence electrons. The molecule has 0 amide bonds. The number of hydrogen-bond acceptors (Lipinski definition) is 2. The van der Waals surface area contributed by atoms with Gasteiger partial charge in [0, 0.05) is 19.3 Å². The summed E-state index contributed by atoms with van der Waals surface area (Å²) in [5.74, 6) is 0.936. The van der Waals surface area contributed by atoms with Gasteiger partial charge < -0.3 is 4.74 Å². The highest BCUT2D eigenvalue weighted by molar-refractivity contribution is 5.66. The first-order valence-corrected chi connectivity index (χ1v) is 5.26. The fourth-order valence-electron chi connectivity index (χ4n) is 2.42. The van der Waals surface area contributed by atoms with E-state index in [4.69, 9.17) is 4.74 Å². The zero-order valence-corrected chi connectivity index (χ0v) is 8.48. The Balaban J connectivity index is 2.08. The molecule has 0 unspecified atom stereocenters. The summed E-state index contributed by atoms with van der Waals surface area (Å²) in [4.78, 5) is 10.9. The molecule has 0 aromatic heterocycles. The molecule has 0 aliphatic heterocycles. The van der Waals surface area contributed by atoms with E-state index in [0.717, 1.165) is 19.3 Å². The first-order chi connectivity index (χ1) is 6.77. The predicted octanol–water partition coefficient (Wildman–Crippen LogP) is 2.46. The van der Waals surface area contributed by atoms with Gasteiger partial charge in [-0.15, -0.1) is 0 Å². The van der Waals surface area contributed by atoms with Crippen molar-refractivity contribution in [2.24, 2.45) is 11.8 Å². The number of hydrogen-bond donors (Lipinski definition) is 0. The van der Waals surface area contributed by atoms with Crippen LogP contribution in [0.25, 0.3) is 0 Å². The number of rotatable bonds is 1. The summed E-state index contributed by atoms with van der Waals surface area (Å²) >= 11 is 0. The highest BCUT2D eigenvalue weighted by Gasteiger charge is 2.32. The number of carbonyl (C=O) groups excluding carboxylic acids is 1. The molecule has 0 aromatic rings. The third-order valence-corrected chi connectivity index (χ3v) is 3.08. The number of allylic oxidation sites excluding steroid dienone is 3. The lowest BCUT2D eigenvalue weighted by molar-refractivity contribution is -0.150. The number of ether oxygens (including phenoxy) is 1. The van der Waals surface area contributed by atoms with Gasteiger partial charge in [0.15, 0.2) is 0 Å². The molecule has 0 bridgehead atoms. The first kappa shape index (κ1) is 9.50. The summed E-state index contributed by atoms with van der Waals surface area (Å²) in [6, 6.07) is 0. The summed E-state index contributed by atoms with van der Waals surface area (Å²) in [6.45, 7) is 1.49. The van der Waals surface area contributed by atoms with Gasteiger partial charge in [-0.2, -0.15) is 0 Å². The normalized spacial score (nSPS) is 35.1. The van der Waals surface area contributed by atoms with Crippen LogP contribution >= 0.6 is 0 Å². The molecular weight excluding hydrogens is 176 g/mol. The van der Waals surface area contributed by atoms with E-state index >= 15 is 0 Å². The van der Waals surface area contributed by atoms with E-state index in [2.05, 4.69) is 24.3 Å². The lowest BCUT2D eigenvalue weighted by Gasteiger charge is -2.35. The Bertz CT molecular complexity index is 278. The Morgan fingerprint density at radius 3 is 2.79 bits per heavy atom. The number of carbonyl (C=O) groups is 1. The van der Waals surface area contributed by atoms with E-state index in [1.54, 1.807) is 0 Å². The third kappa shape index (κ3) is 1.89. The Labute approximate surface area is 84.6 Å². The van der Waals surface area contributed by atoms with E-state index in [9.17, 15) is 4.79 Å². The van der Waals surface area contributed by atoms with Crippen LogP contribution in [0.15, 0.2) is 24.3 Å². The molecule has 0 aromatic carbocycles. The molecule has 2 rings (SSSR count). The molecule has 0 heterocycles. The molecule has 0 saturated heterocycles. The lowest BCUT2D eigenvalue weighted by Crippen LogP contribution is -2.34. The molecule has 0 N–H and O–H groups in total. The second kappa shape index (κ2) is 3.99. The van der Waals surface area contributed by atoms with E-state index in [0.29, 0.717) is 11.8 Å². The van der Waals surface area contributed by atoms with Gasteiger partial charge in [0.25, 0.3) is 0 Å². The molecule has 0 saturated carbocycles. The molecule has 2 nitrogen and oxygen atoms in total. The van der Waals surface area contributed by atoms with Crippen molar-refractivity contribution in [1.29, 1.82) is 0 Å². The lowest BCUT2D eigenvalue weighted by atomic mass is 9.75. The highest BCUT2D eigenvalue weighted by Crippen LogP contribution is 2.35. The maximum atomic E-state index is 10.9. The Morgan fingerprint density at radius 1 is 1.21 bits per heavy atom. The summed E-state index contributed by atoms with van der Waals surface area (Å²) in [5.41, 5.74) is 0. The monoisotopic (exact) mass is 192 g/mol. The molecule has 14 heavy (non-hydrogen) atoms. The van der Waals surface area contributed by atoms with Crippen LogP contribution in [0.1, 0.15) is 26.2 Å². The fraction of sp³-hybridized carbons (Fsp3) is 0.583. The van der Waals surface area contributed by atoms with Gasteiger partial charge in [-0.1, -0.05) is 24.3 Å². The van der Waals surface area contributed by atoms with Gasteiger partial charge in [-0.05, 0) is 18.8 Å². The molecule has 0 spiro atoms. The van der Waals surface area contributed by atoms with Crippen LogP contribution in [-0.4, -0.2) is 12.1 Å². The minimum atomic E-state index is -0.154. The van der Waals surface area contributed by atoms with Gasteiger partial charge >= 0.3 is 5.97 Å². The number of esters is 1. The van der Waals surface area contributed by atoms with Gasteiger partial charge in [0.1, 0.15) is 6.10 Å². The topological polar surface area (TPSA) is 26.3 Å². The van der Waals surface area contributed by atoms with Crippen LogP contribution in [0, 0.1) is 11.8 Å². The van der Waals surface area contributed by atoms with E-state index < -0.39 is 0 Å². The average Bonchev–Trinajstić information content (AvgIpc) is 2.18. The van der Waals surface area contributed by atoms with Crippen molar-refractivity contribution in [1.82, 2.24) is 0 Å². The molecule has 2 aliphatic rings. The molecule has 0 fully saturated rings. The van der Waals surface area contributed by atoms with Crippen LogP contribution in [0.5, 0.6) is 0 Å². The summed E-state index contributed by atoms with van der Waals surface area (Å²) in [5, 5.41) is 0. The molecule has 3 atom stereocenters. The van der Waals surface area contributed by atoms with Gasteiger partial charge in [-0.3, -0.25) is 4.79 Å². The van der Waals surface area contributed by atoms with Crippen molar-refractivity contribution < 1.29 is 9.53 Å². The van der Waals surface area contributed by atoms with Gasteiger partial charge in [0.05, 0.1) is 0 Å². The standard InChI is InChI=1S/C12H16O2/c1-9(13)14-12-8-4-6-10-5-2-3-7-11(10)12/h2-4,6,10-12H,5,7-8H2,1H3/t10-,11-,12+/m0/s1. The largest absolute Gasteiger partial charge is 0.462 e. The van der Waals surface area contributed by atoms with Crippen molar-refractivity contribution in [2.45, 2.75) is 32.3 Å². The average molecular weight is 192 g/mol. The Morgan fingerprint density at radius 2 is 2.00 bits per heavy atom. The van der Waals surface area contributed by atoms with E-state index in [1.807, 2.05) is 0 Å². The van der Waals surface area contributed by atoms with Crippen LogP contribution in [0.4, 0.5) is 0 Å². The van der Waals surface area contributed by atoms with Crippen LogP contribution in [0.3, 0.4) is 0 Å². The van der Waals surface area contributed by atoms with Crippen LogP contribution < -0.4 is 0 Å². The number of fused-ring (bicyclic) bond motifs is 1. The minimum absolute atomic E-state index is 0.104. The van der Waals surface area contributed by atoms with Gasteiger partial charge in [0.2, 0.25) is 0 Å². The Hall–Kier alpha value is -1.05. The second-order valence-electron chi connectivity index (χ2n) is 4.08. The van der Waals surface area contributed by atoms with Crippen LogP contribution in [-0.2, 0) is 9.53 Å². The smallest absolute Gasteiger partial charge is 0.302 e. The molecule has 2 heteroatoms. The van der Waals surface area contributed by atoms with Crippen molar-refractivity contribution in [3.8, 4) is 0 Å². The van der Waals surface area contributed by atoms with Crippen LogP contribution in [0.2, 0.25) is 0 Å². The maximum absolute atomic E-state index is 10.9. The van der Waals surface area contributed by atoms with Crippen molar-refractivity contribution in [2.75, 3.05) is 0 Å². The van der Waals surface area contributed by atoms with Crippen molar-refractivity contribution in [3.05, 3.63) is 24.3 Å². The van der Waals surface area contributed by atoms with E-state index in [-0.39, 0.29) is 12.1 Å². The SMILES string of the molecule is CC(=O)O[C@@H]1CC=C[C@@H]2CC=CC[C@@H]21. The molecular formula is C12H16O2. The Kier molecular flexibility index (Phi) is 2.71. The second-order valence-corrected chi connectivity index (χ2v) is 4.08.